The number of nitrogens with zero attached hydrogens (tertiary/aromatic N) is 2. The van der Waals surface area contributed by atoms with Crippen molar-refractivity contribution in [2.24, 2.45) is 0 Å². The molecule has 0 spiro atoms. The summed E-state index contributed by atoms with van der Waals surface area (Å²) in [6.45, 7) is 3.85. The van der Waals surface area contributed by atoms with Crippen molar-refractivity contribution in [3.05, 3.63) is 53.3 Å². The molecule has 0 atom stereocenters. The van der Waals surface area contributed by atoms with Gasteiger partial charge in [0.15, 0.2) is 0 Å². The molecule has 0 radical (unpaired) electrons. The lowest BCUT2D eigenvalue weighted by atomic mass is 9.97. The molecule has 2 aromatic rings. The molecular formula is C17H18N2O2. The zero-order chi connectivity index (χ0) is 14.8. The number of amides is 1. The molecule has 1 aromatic heterocycles. The number of aromatic nitrogens is 1. The molecule has 21 heavy (non-hydrogen) atoms. The van der Waals surface area contributed by atoms with E-state index < -0.39 is 0 Å². The largest absolute Gasteiger partial charge is 0.383 e. The first kappa shape index (κ1) is 13.8. The smallest absolute Gasteiger partial charge is 0.254 e. The number of carbonyl (C=O) groups excluding carboxylic acids is 1. The summed E-state index contributed by atoms with van der Waals surface area (Å²) in [6.07, 6.45) is 3.61. The predicted octanol–water partition coefficient (Wildman–Crippen LogP) is 2.66. The number of fused-ring (bicyclic) bond motifs is 1. The van der Waals surface area contributed by atoms with Gasteiger partial charge in [0.05, 0.1) is 6.61 Å². The van der Waals surface area contributed by atoms with E-state index in [0.29, 0.717) is 19.7 Å². The van der Waals surface area contributed by atoms with Crippen LogP contribution in [0.5, 0.6) is 0 Å². The van der Waals surface area contributed by atoms with Crippen LogP contribution in [0.3, 0.4) is 0 Å². The zero-order valence-electron chi connectivity index (χ0n) is 12.3. The van der Waals surface area contributed by atoms with E-state index in [1.807, 2.05) is 30.2 Å². The predicted molar refractivity (Wildman–Crippen MR) is 81.0 cm³/mol. The normalized spacial score (nSPS) is 13.6. The fourth-order valence-electron chi connectivity index (χ4n) is 2.81. The van der Waals surface area contributed by atoms with E-state index in [-0.39, 0.29) is 5.91 Å². The molecule has 1 aliphatic heterocycles. The van der Waals surface area contributed by atoms with Gasteiger partial charge in [-0.3, -0.25) is 9.78 Å². The van der Waals surface area contributed by atoms with Crippen LogP contribution >= 0.6 is 0 Å². The fraction of sp³-hybridized carbons (Fsp3) is 0.294. The van der Waals surface area contributed by atoms with E-state index in [1.54, 1.807) is 13.3 Å². The molecule has 0 bridgehead atoms. The van der Waals surface area contributed by atoms with Gasteiger partial charge in [-0.25, -0.2) is 0 Å². The molecule has 108 valence electrons. The van der Waals surface area contributed by atoms with E-state index >= 15 is 0 Å². The summed E-state index contributed by atoms with van der Waals surface area (Å²) in [4.78, 5) is 18.4. The number of ether oxygens (including phenoxy) is 1. The standard InChI is InChI=1S/C17H18N2O2/c1-12-8-14(13-4-3-5-18-10-13)9-15-11-19(6-7-21-2)17(20)16(12)15/h3-5,8-10H,6-7,11H2,1-2H3. The van der Waals surface area contributed by atoms with E-state index in [9.17, 15) is 4.79 Å². The minimum Gasteiger partial charge on any atom is -0.383 e. The van der Waals surface area contributed by atoms with Crippen molar-refractivity contribution in [3.63, 3.8) is 0 Å². The highest BCUT2D eigenvalue weighted by Gasteiger charge is 2.29. The first-order chi connectivity index (χ1) is 10.2. The molecule has 0 fully saturated rings. The number of aryl methyl sites for hydroxylation is 1. The van der Waals surface area contributed by atoms with Crippen molar-refractivity contribution in [2.45, 2.75) is 13.5 Å². The van der Waals surface area contributed by atoms with Crippen molar-refractivity contribution in [1.82, 2.24) is 9.88 Å². The van der Waals surface area contributed by atoms with E-state index in [0.717, 1.165) is 27.8 Å². The average molecular weight is 282 g/mol. The molecule has 1 aromatic carbocycles. The summed E-state index contributed by atoms with van der Waals surface area (Å²) in [5.41, 5.74) is 5.15. The molecule has 0 saturated carbocycles. The quantitative estimate of drug-likeness (QED) is 0.866. The maximum Gasteiger partial charge on any atom is 0.254 e. The summed E-state index contributed by atoms with van der Waals surface area (Å²) in [6, 6.07) is 8.12. The maximum absolute atomic E-state index is 12.4. The third-order valence-corrected chi connectivity index (χ3v) is 3.84. The lowest BCUT2D eigenvalue weighted by molar-refractivity contribution is 0.0719. The van der Waals surface area contributed by atoms with Crippen LogP contribution in [0.25, 0.3) is 11.1 Å². The topological polar surface area (TPSA) is 42.4 Å². The first-order valence-electron chi connectivity index (χ1n) is 7.03. The van der Waals surface area contributed by atoms with Crippen LogP contribution < -0.4 is 0 Å². The monoisotopic (exact) mass is 282 g/mol. The molecule has 1 amide bonds. The van der Waals surface area contributed by atoms with Crippen LogP contribution in [-0.2, 0) is 11.3 Å². The molecule has 0 unspecified atom stereocenters. The van der Waals surface area contributed by atoms with Gasteiger partial charge in [-0.15, -0.1) is 0 Å². The number of benzene rings is 1. The van der Waals surface area contributed by atoms with Crippen LogP contribution in [0.4, 0.5) is 0 Å². The van der Waals surface area contributed by atoms with Gasteiger partial charge in [0.1, 0.15) is 0 Å². The molecule has 1 aliphatic rings. The van der Waals surface area contributed by atoms with Gasteiger partial charge in [-0.1, -0.05) is 12.1 Å². The van der Waals surface area contributed by atoms with Crippen molar-refractivity contribution in [3.8, 4) is 11.1 Å². The van der Waals surface area contributed by atoms with Gasteiger partial charge in [0.25, 0.3) is 5.91 Å². The molecule has 4 heteroatoms. The Labute approximate surface area is 124 Å². The first-order valence-corrected chi connectivity index (χ1v) is 7.03. The summed E-state index contributed by atoms with van der Waals surface area (Å²) in [5, 5.41) is 0. The van der Waals surface area contributed by atoms with Gasteiger partial charge in [-0.2, -0.15) is 0 Å². The number of hydrogen-bond acceptors (Lipinski definition) is 3. The Kier molecular flexibility index (Phi) is 3.71. The van der Waals surface area contributed by atoms with Crippen molar-refractivity contribution < 1.29 is 9.53 Å². The minimum absolute atomic E-state index is 0.109. The van der Waals surface area contributed by atoms with Gasteiger partial charge in [0.2, 0.25) is 0 Å². The summed E-state index contributed by atoms with van der Waals surface area (Å²) in [5.74, 6) is 0.109. The van der Waals surface area contributed by atoms with Crippen molar-refractivity contribution in [1.29, 1.82) is 0 Å². The zero-order valence-corrected chi connectivity index (χ0v) is 12.3. The Balaban J connectivity index is 1.96. The van der Waals surface area contributed by atoms with Crippen LogP contribution in [0, 0.1) is 6.92 Å². The molecule has 0 aliphatic carbocycles. The highest BCUT2D eigenvalue weighted by Crippen LogP contribution is 2.31. The number of carbonyl (C=O) groups is 1. The second-order valence-electron chi connectivity index (χ2n) is 5.29. The SMILES string of the molecule is COCCN1Cc2cc(-c3cccnc3)cc(C)c2C1=O. The lowest BCUT2D eigenvalue weighted by Crippen LogP contribution is -2.27. The van der Waals surface area contributed by atoms with E-state index in [2.05, 4.69) is 17.1 Å². The van der Waals surface area contributed by atoms with Crippen LogP contribution in [0.2, 0.25) is 0 Å². The summed E-state index contributed by atoms with van der Waals surface area (Å²) >= 11 is 0. The Bertz CT molecular complexity index is 668. The van der Waals surface area contributed by atoms with E-state index in [1.165, 1.54) is 0 Å². The second-order valence-corrected chi connectivity index (χ2v) is 5.29. The van der Waals surface area contributed by atoms with Crippen LogP contribution in [-0.4, -0.2) is 36.1 Å². The molecule has 4 nitrogen and oxygen atoms in total. The molecule has 0 saturated heterocycles. The number of hydrogen-bond donors (Lipinski definition) is 0. The highest BCUT2D eigenvalue weighted by molar-refractivity contribution is 6.00. The molecule has 3 rings (SSSR count). The average Bonchev–Trinajstić information content (AvgIpc) is 2.82. The Morgan fingerprint density at radius 1 is 1.33 bits per heavy atom. The maximum atomic E-state index is 12.4. The van der Waals surface area contributed by atoms with Gasteiger partial charge >= 0.3 is 0 Å². The lowest BCUT2D eigenvalue weighted by Gasteiger charge is -2.14. The Hall–Kier alpha value is -2.20. The second kappa shape index (κ2) is 5.66. The molecule has 0 N–H and O–H groups in total. The fourth-order valence-corrected chi connectivity index (χ4v) is 2.81. The highest BCUT2D eigenvalue weighted by atomic mass is 16.5. The Morgan fingerprint density at radius 2 is 2.19 bits per heavy atom. The number of rotatable bonds is 4. The van der Waals surface area contributed by atoms with Gasteiger partial charge < -0.3 is 9.64 Å². The third-order valence-electron chi connectivity index (χ3n) is 3.84. The third kappa shape index (κ3) is 2.54. The summed E-state index contributed by atoms with van der Waals surface area (Å²) in [7, 11) is 1.65. The summed E-state index contributed by atoms with van der Waals surface area (Å²) < 4.78 is 5.07. The molecule has 2 heterocycles. The number of pyridine rings is 1. The minimum atomic E-state index is 0.109. The van der Waals surface area contributed by atoms with Crippen LogP contribution in [0.15, 0.2) is 36.7 Å². The Morgan fingerprint density at radius 3 is 2.90 bits per heavy atom. The van der Waals surface area contributed by atoms with Crippen molar-refractivity contribution >= 4 is 5.91 Å². The van der Waals surface area contributed by atoms with E-state index in [4.69, 9.17) is 4.74 Å². The van der Waals surface area contributed by atoms with Crippen LogP contribution in [0.1, 0.15) is 21.5 Å². The number of methoxy groups -OCH3 is 1. The van der Waals surface area contributed by atoms with Crippen molar-refractivity contribution in [2.75, 3.05) is 20.3 Å². The molecular weight excluding hydrogens is 264 g/mol. The van der Waals surface area contributed by atoms with Gasteiger partial charge in [0, 0.05) is 43.7 Å². The van der Waals surface area contributed by atoms with Gasteiger partial charge in [-0.05, 0) is 35.7 Å².